The van der Waals surface area contributed by atoms with Crippen LogP contribution in [0.25, 0.3) is 0 Å². The van der Waals surface area contributed by atoms with E-state index in [9.17, 15) is 14.4 Å². The molecular formula is C28H36ClN3O4S. The number of rotatable bonds is 9. The molecule has 2 atom stereocenters. The molecule has 0 aliphatic rings. The second kappa shape index (κ2) is 13.0. The van der Waals surface area contributed by atoms with E-state index in [-0.39, 0.29) is 12.3 Å². The van der Waals surface area contributed by atoms with Crippen molar-refractivity contribution in [1.82, 2.24) is 10.2 Å². The Morgan fingerprint density at radius 1 is 1.11 bits per heavy atom. The number of nitrogens with zero attached hydrogens (tertiary/aromatic N) is 1. The molecule has 0 aromatic heterocycles. The number of aryl methyl sites for hydroxylation is 2. The summed E-state index contributed by atoms with van der Waals surface area (Å²) in [6, 6.07) is 8.82. The summed E-state index contributed by atoms with van der Waals surface area (Å²) in [4.78, 5) is 41.5. The van der Waals surface area contributed by atoms with Crippen molar-refractivity contribution in [1.29, 1.82) is 0 Å². The molecule has 0 spiro atoms. The Balaban J connectivity index is 2.55. The lowest BCUT2D eigenvalue weighted by molar-refractivity contribution is -0.139. The summed E-state index contributed by atoms with van der Waals surface area (Å²) in [5.41, 5.74) is 2.97. The second-order valence-corrected chi connectivity index (χ2v) is 10.5. The van der Waals surface area contributed by atoms with Gasteiger partial charge in [-0.1, -0.05) is 48.0 Å². The van der Waals surface area contributed by atoms with Crippen molar-refractivity contribution in [2.24, 2.45) is 0 Å². The van der Waals surface area contributed by atoms with Crippen LogP contribution in [0.4, 0.5) is 10.5 Å². The molecule has 9 heteroatoms. The van der Waals surface area contributed by atoms with Gasteiger partial charge in [-0.2, -0.15) is 12.6 Å². The average Bonchev–Trinajstić information content (AvgIpc) is 2.80. The number of hydrogen-bond donors (Lipinski definition) is 3. The number of para-hydroxylation sites is 1. The van der Waals surface area contributed by atoms with Gasteiger partial charge in [0.25, 0.3) is 5.91 Å². The molecule has 200 valence electrons. The van der Waals surface area contributed by atoms with Crippen molar-refractivity contribution < 1.29 is 19.1 Å². The van der Waals surface area contributed by atoms with Gasteiger partial charge in [0.2, 0.25) is 5.91 Å². The van der Waals surface area contributed by atoms with Gasteiger partial charge in [-0.05, 0) is 69.9 Å². The highest BCUT2D eigenvalue weighted by atomic mass is 35.5. The standard InChI is InChI=1S/C28H36ClN3O4S/c1-8-15-32(26(34)22(16-37)30-27(35)36-28(5,6)7)24(20-13-9-11-17(2)19(20)4)25(33)31-23-18(3)12-10-14-21(23)29/h8-14,22,24,37H,1,15-16H2,2-7H3,(H,30,35)(H,31,33). The van der Waals surface area contributed by atoms with Gasteiger partial charge in [-0.25, -0.2) is 4.79 Å². The fourth-order valence-electron chi connectivity index (χ4n) is 3.80. The molecule has 2 aromatic rings. The van der Waals surface area contributed by atoms with Crippen LogP contribution in [0.2, 0.25) is 5.02 Å². The Kier molecular flexibility index (Phi) is 10.6. The van der Waals surface area contributed by atoms with Crippen LogP contribution < -0.4 is 10.6 Å². The SMILES string of the molecule is C=CCN(C(=O)C(CS)NC(=O)OC(C)(C)C)C(C(=O)Nc1c(C)cccc1Cl)c1cccc(C)c1C. The van der Waals surface area contributed by atoms with Crippen molar-refractivity contribution in [2.45, 2.75) is 59.2 Å². The molecule has 2 aromatic carbocycles. The van der Waals surface area contributed by atoms with Gasteiger partial charge in [0, 0.05) is 12.3 Å². The van der Waals surface area contributed by atoms with E-state index in [0.717, 1.165) is 16.7 Å². The number of halogens is 1. The van der Waals surface area contributed by atoms with Crippen molar-refractivity contribution in [3.05, 3.63) is 76.3 Å². The second-order valence-electron chi connectivity index (χ2n) is 9.77. The molecule has 7 nitrogen and oxygen atoms in total. The zero-order chi connectivity index (χ0) is 27.9. The zero-order valence-corrected chi connectivity index (χ0v) is 23.9. The first kappa shape index (κ1) is 30.3. The number of hydrogen-bond acceptors (Lipinski definition) is 5. The van der Waals surface area contributed by atoms with Gasteiger partial charge >= 0.3 is 6.09 Å². The molecule has 0 heterocycles. The quantitative estimate of drug-likeness (QED) is 0.275. The number of anilines is 1. The summed E-state index contributed by atoms with van der Waals surface area (Å²) < 4.78 is 5.32. The summed E-state index contributed by atoms with van der Waals surface area (Å²) in [5.74, 6) is -0.954. The number of nitrogens with one attached hydrogen (secondary N) is 2. The minimum Gasteiger partial charge on any atom is -0.444 e. The maximum Gasteiger partial charge on any atom is 0.408 e. The highest BCUT2D eigenvalue weighted by Gasteiger charge is 2.36. The zero-order valence-electron chi connectivity index (χ0n) is 22.2. The molecule has 0 aliphatic heterocycles. The number of carbonyl (C=O) groups is 3. The lowest BCUT2D eigenvalue weighted by Crippen LogP contribution is -2.53. The Labute approximate surface area is 230 Å². The van der Waals surface area contributed by atoms with Crippen molar-refractivity contribution >= 4 is 47.8 Å². The molecule has 0 radical (unpaired) electrons. The highest BCUT2D eigenvalue weighted by Crippen LogP contribution is 2.31. The van der Waals surface area contributed by atoms with Gasteiger partial charge in [0.05, 0.1) is 10.7 Å². The molecule has 2 rings (SSSR count). The van der Waals surface area contributed by atoms with Crippen LogP contribution in [0.15, 0.2) is 49.1 Å². The van der Waals surface area contributed by atoms with Gasteiger partial charge in [-0.15, -0.1) is 6.58 Å². The fraction of sp³-hybridized carbons (Fsp3) is 0.393. The first-order valence-electron chi connectivity index (χ1n) is 11.9. The lowest BCUT2D eigenvalue weighted by atomic mass is 9.95. The predicted molar refractivity (Wildman–Crippen MR) is 152 cm³/mol. The molecule has 0 fully saturated rings. The summed E-state index contributed by atoms with van der Waals surface area (Å²) >= 11 is 10.7. The molecule has 0 saturated carbocycles. The van der Waals surface area contributed by atoms with Crippen molar-refractivity contribution in [2.75, 3.05) is 17.6 Å². The van der Waals surface area contributed by atoms with E-state index in [2.05, 4.69) is 29.8 Å². The number of thiol groups is 1. The van der Waals surface area contributed by atoms with Crippen LogP contribution in [0, 0.1) is 20.8 Å². The van der Waals surface area contributed by atoms with Crippen molar-refractivity contribution in [3.8, 4) is 0 Å². The van der Waals surface area contributed by atoms with Crippen molar-refractivity contribution in [3.63, 3.8) is 0 Å². The Morgan fingerprint density at radius 3 is 2.30 bits per heavy atom. The van der Waals surface area contributed by atoms with E-state index in [1.54, 1.807) is 32.9 Å². The molecule has 37 heavy (non-hydrogen) atoms. The maximum absolute atomic E-state index is 13.9. The van der Waals surface area contributed by atoms with E-state index >= 15 is 0 Å². The van der Waals surface area contributed by atoms with Crippen LogP contribution in [-0.4, -0.2) is 46.7 Å². The normalized spacial score (nSPS) is 12.8. The summed E-state index contributed by atoms with van der Waals surface area (Å²) in [5, 5.41) is 5.89. The third kappa shape index (κ3) is 8.01. The monoisotopic (exact) mass is 545 g/mol. The molecule has 0 bridgehead atoms. The van der Waals surface area contributed by atoms with E-state index in [1.807, 2.05) is 45.0 Å². The van der Waals surface area contributed by atoms with Crippen LogP contribution >= 0.6 is 24.2 Å². The number of amides is 3. The van der Waals surface area contributed by atoms with Gasteiger partial charge < -0.3 is 20.3 Å². The Morgan fingerprint density at radius 2 is 1.73 bits per heavy atom. The van der Waals surface area contributed by atoms with E-state index in [0.29, 0.717) is 16.3 Å². The molecular weight excluding hydrogens is 510 g/mol. The molecule has 3 amide bonds. The number of ether oxygens (including phenoxy) is 1. The molecule has 2 unspecified atom stereocenters. The molecule has 0 saturated heterocycles. The van der Waals surface area contributed by atoms with Gasteiger partial charge in [-0.3, -0.25) is 9.59 Å². The third-order valence-electron chi connectivity index (χ3n) is 5.75. The first-order valence-corrected chi connectivity index (χ1v) is 13.0. The molecule has 0 aliphatic carbocycles. The minimum absolute atomic E-state index is 0.00349. The van der Waals surface area contributed by atoms with E-state index < -0.39 is 35.6 Å². The van der Waals surface area contributed by atoms with E-state index in [4.69, 9.17) is 16.3 Å². The van der Waals surface area contributed by atoms with Gasteiger partial charge in [0.15, 0.2) is 0 Å². The largest absolute Gasteiger partial charge is 0.444 e. The summed E-state index contributed by atoms with van der Waals surface area (Å²) in [7, 11) is 0. The predicted octanol–water partition coefficient (Wildman–Crippen LogP) is 5.78. The molecule has 2 N–H and O–H groups in total. The minimum atomic E-state index is -1.04. The number of benzene rings is 2. The Bertz CT molecular complexity index is 1140. The average molecular weight is 546 g/mol. The fourth-order valence-corrected chi connectivity index (χ4v) is 4.32. The van der Waals surface area contributed by atoms with Crippen LogP contribution in [0.3, 0.4) is 0 Å². The third-order valence-corrected chi connectivity index (χ3v) is 6.43. The van der Waals surface area contributed by atoms with Gasteiger partial charge in [0.1, 0.15) is 17.7 Å². The summed E-state index contributed by atoms with van der Waals surface area (Å²) in [6.45, 7) is 14.7. The smallest absolute Gasteiger partial charge is 0.408 e. The first-order chi connectivity index (χ1) is 17.3. The Hall–Kier alpha value is -2.97. The summed E-state index contributed by atoms with van der Waals surface area (Å²) in [6.07, 6.45) is 0.783. The number of carbonyl (C=O) groups excluding carboxylic acids is 3. The van der Waals surface area contributed by atoms with E-state index in [1.165, 1.54) is 11.0 Å². The number of alkyl carbamates (subject to hydrolysis) is 1. The highest BCUT2D eigenvalue weighted by molar-refractivity contribution is 7.80. The lowest BCUT2D eigenvalue weighted by Gasteiger charge is -2.34. The van der Waals surface area contributed by atoms with Crippen LogP contribution in [0.5, 0.6) is 0 Å². The maximum atomic E-state index is 13.9. The van der Waals surface area contributed by atoms with Crippen LogP contribution in [0.1, 0.15) is 49.1 Å². The van der Waals surface area contributed by atoms with Crippen LogP contribution in [-0.2, 0) is 14.3 Å². The topological polar surface area (TPSA) is 87.7 Å².